The Balaban J connectivity index is 1.61. The molecule has 2 N–H and O–H groups in total. The van der Waals surface area contributed by atoms with E-state index in [2.05, 4.69) is 20.8 Å². The number of amides is 1. The fourth-order valence-electron chi connectivity index (χ4n) is 2.53. The molecule has 0 bridgehead atoms. The van der Waals surface area contributed by atoms with E-state index in [9.17, 15) is 4.79 Å². The van der Waals surface area contributed by atoms with Gasteiger partial charge in [0.25, 0.3) is 5.91 Å². The van der Waals surface area contributed by atoms with Gasteiger partial charge in [0.05, 0.1) is 17.1 Å². The number of aromatic nitrogens is 2. The third kappa shape index (κ3) is 5.10. The second-order valence-electron chi connectivity index (χ2n) is 7.03. The Labute approximate surface area is 169 Å². The molecular formula is C21H23ClN4O2. The molecule has 0 saturated carbocycles. The third-order valence-corrected chi connectivity index (χ3v) is 4.42. The van der Waals surface area contributed by atoms with E-state index in [1.165, 1.54) is 5.56 Å². The van der Waals surface area contributed by atoms with Crippen LogP contribution >= 0.6 is 11.6 Å². The SMILES string of the molecule is Cc1ccc(-c2noc(CNc3ccc(C(=O)NCC(C)C)c(Cl)c3)n2)cc1. The van der Waals surface area contributed by atoms with Gasteiger partial charge >= 0.3 is 0 Å². The summed E-state index contributed by atoms with van der Waals surface area (Å²) in [5.74, 6) is 1.21. The number of aryl methyl sites for hydroxylation is 1. The lowest BCUT2D eigenvalue weighted by atomic mass is 10.1. The van der Waals surface area contributed by atoms with Crippen molar-refractivity contribution in [3.05, 3.63) is 64.5 Å². The zero-order valence-corrected chi connectivity index (χ0v) is 16.9. The molecule has 3 aromatic rings. The Morgan fingerprint density at radius 2 is 1.93 bits per heavy atom. The number of rotatable bonds is 7. The molecule has 1 heterocycles. The molecule has 0 atom stereocenters. The van der Waals surface area contributed by atoms with Crippen LogP contribution < -0.4 is 10.6 Å². The van der Waals surface area contributed by atoms with Gasteiger partial charge in [-0.25, -0.2) is 0 Å². The lowest BCUT2D eigenvalue weighted by molar-refractivity contribution is 0.0949. The Kier molecular flexibility index (Phi) is 6.31. The van der Waals surface area contributed by atoms with E-state index in [0.29, 0.717) is 41.3 Å². The quantitative estimate of drug-likeness (QED) is 0.603. The zero-order valence-electron chi connectivity index (χ0n) is 16.1. The summed E-state index contributed by atoms with van der Waals surface area (Å²) < 4.78 is 5.30. The van der Waals surface area contributed by atoms with Crippen LogP contribution in [0.2, 0.25) is 5.02 Å². The van der Waals surface area contributed by atoms with Gasteiger partial charge in [-0.05, 0) is 31.0 Å². The molecule has 6 nitrogen and oxygen atoms in total. The molecule has 2 aromatic carbocycles. The highest BCUT2D eigenvalue weighted by atomic mass is 35.5. The number of benzene rings is 2. The highest BCUT2D eigenvalue weighted by Gasteiger charge is 2.12. The summed E-state index contributed by atoms with van der Waals surface area (Å²) in [6.45, 7) is 7.07. The number of hydrogen-bond donors (Lipinski definition) is 2. The van der Waals surface area contributed by atoms with Crippen LogP contribution in [0.4, 0.5) is 5.69 Å². The van der Waals surface area contributed by atoms with Crippen LogP contribution in [0.25, 0.3) is 11.4 Å². The molecule has 7 heteroatoms. The summed E-state index contributed by atoms with van der Waals surface area (Å²) in [6, 6.07) is 13.1. The Morgan fingerprint density at radius 3 is 2.61 bits per heavy atom. The fourth-order valence-corrected chi connectivity index (χ4v) is 2.79. The van der Waals surface area contributed by atoms with Crippen molar-refractivity contribution >= 4 is 23.2 Å². The summed E-state index contributed by atoms with van der Waals surface area (Å²) in [5, 5.41) is 10.4. The first-order valence-corrected chi connectivity index (χ1v) is 9.51. The number of nitrogens with zero attached hydrogens (tertiary/aromatic N) is 2. The van der Waals surface area contributed by atoms with Crippen molar-refractivity contribution in [2.45, 2.75) is 27.3 Å². The molecule has 0 aliphatic heterocycles. The van der Waals surface area contributed by atoms with E-state index in [0.717, 1.165) is 11.3 Å². The summed E-state index contributed by atoms with van der Waals surface area (Å²) in [6.07, 6.45) is 0. The molecule has 0 unspecified atom stereocenters. The van der Waals surface area contributed by atoms with E-state index >= 15 is 0 Å². The number of carbonyl (C=O) groups is 1. The van der Waals surface area contributed by atoms with Crippen LogP contribution in [0.5, 0.6) is 0 Å². The second kappa shape index (κ2) is 8.89. The molecule has 1 amide bonds. The number of nitrogens with one attached hydrogen (secondary N) is 2. The van der Waals surface area contributed by atoms with Crippen molar-refractivity contribution in [2.75, 3.05) is 11.9 Å². The van der Waals surface area contributed by atoms with Crippen LogP contribution in [0.3, 0.4) is 0 Å². The van der Waals surface area contributed by atoms with Crippen molar-refractivity contribution < 1.29 is 9.32 Å². The number of anilines is 1. The Morgan fingerprint density at radius 1 is 1.18 bits per heavy atom. The minimum atomic E-state index is -0.176. The molecule has 0 saturated heterocycles. The number of halogens is 1. The standard InChI is InChI=1S/C21H23ClN4O2/c1-13(2)11-24-21(27)17-9-8-16(10-18(17)22)23-12-19-25-20(26-28-19)15-6-4-14(3)5-7-15/h4-10,13,23H,11-12H2,1-3H3,(H,24,27). The minimum absolute atomic E-state index is 0.176. The number of carbonyl (C=O) groups excluding carboxylic acids is 1. The van der Waals surface area contributed by atoms with Gasteiger partial charge in [-0.3, -0.25) is 4.79 Å². The van der Waals surface area contributed by atoms with E-state index in [-0.39, 0.29) is 5.91 Å². The maximum Gasteiger partial charge on any atom is 0.252 e. The lowest BCUT2D eigenvalue weighted by Crippen LogP contribution is -2.27. The van der Waals surface area contributed by atoms with Crippen LogP contribution in [0.1, 0.15) is 35.7 Å². The molecule has 146 valence electrons. The van der Waals surface area contributed by atoms with Gasteiger partial charge < -0.3 is 15.2 Å². The van der Waals surface area contributed by atoms with Crippen LogP contribution in [0.15, 0.2) is 47.0 Å². The first-order chi connectivity index (χ1) is 13.4. The first kappa shape index (κ1) is 19.9. The molecule has 0 aliphatic carbocycles. The van der Waals surface area contributed by atoms with Gasteiger partial charge in [-0.15, -0.1) is 0 Å². The smallest absolute Gasteiger partial charge is 0.252 e. The van der Waals surface area contributed by atoms with Gasteiger partial charge in [-0.1, -0.05) is 60.4 Å². The summed E-state index contributed by atoms with van der Waals surface area (Å²) in [7, 11) is 0. The van der Waals surface area contributed by atoms with Crippen molar-refractivity contribution in [3.8, 4) is 11.4 Å². The van der Waals surface area contributed by atoms with E-state index in [1.807, 2.05) is 45.0 Å². The molecule has 0 fully saturated rings. The predicted molar refractivity (Wildman–Crippen MR) is 110 cm³/mol. The maximum absolute atomic E-state index is 12.2. The van der Waals surface area contributed by atoms with Crippen molar-refractivity contribution in [3.63, 3.8) is 0 Å². The van der Waals surface area contributed by atoms with Gasteiger partial charge in [0.15, 0.2) is 0 Å². The van der Waals surface area contributed by atoms with Crippen molar-refractivity contribution in [1.82, 2.24) is 15.5 Å². The molecule has 3 rings (SSSR count). The van der Waals surface area contributed by atoms with E-state index in [4.69, 9.17) is 16.1 Å². The zero-order chi connectivity index (χ0) is 20.1. The van der Waals surface area contributed by atoms with Gasteiger partial charge in [0, 0.05) is 17.8 Å². The van der Waals surface area contributed by atoms with E-state index < -0.39 is 0 Å². The van der Waals surface area contributed by atoms with E-state index in [1.54, 1.807) is 18.2 Å². The molecular weight excluding hydrogens is 376 g/mol. The van der Waals surface area contributed by atoms with Crippen molar-refractivity contribution in [2.24, 2.45) is 5.92 Å². The monoisotopic (exact) mass is 398 g/mol. The topological polar surface area (TPSA) is 80.0 Å². The average Bonchev–Trinajstić information content (AvgIpc) is 3.14. The van der Waals surface area contributed by atoms with Crippen LogP contribution in [-0.4, -0.2) is 22.6 Å². The van der Waals surface area contributed by atoms with Crippen LogP contribution in [-0.2, 0) is 6.54 Å². The highest BCUT2D eigenvalue weighted by Crippen LogP contribution is 2.22. The average molecular weight is 399 g/mol. The van der Waals surface area contributed by atoms with Crippen molar-refractivity contribution in [1.29, 1.82) is 0 Å². The lowest BCUT2D eigenvalue weighted by Gasteiger charge is -2.10. The number of hydrogen-bond acceptors (Lipinski definition) is 5. The highest BCUT2D eigenvalue weighted by molar-refractivity contribution is 6.34. The fraction of sp³-hybridized carbons (Fsp3) is 0.286. The summed E-state index contributed by atoms with van der Waals surface area (Å²) >= 11 is 6.27. The Bertz CT molecular complexity index is 951. The minimum Gasteiger partial charge on any atom is -0.376 e. The molecule has 1 aromatic heterocycles. The second-order valence-corrected chi connectivity index (χ2v) is 7.44. The molecule has 0 spiro atoms. The van der Waals surface area contributed by atoms with Gasteiger partial charge in [0.1, 0.15) is 0 Å². The predicted octanol–water partition coefficient (Wildman–Crippen LogP) is 4.70. The maximum atomic E-state index is 12.2. The van der Waals surface area contributed by atoms with Crippen LogP contribution in [0, 0.1) is 12.8 Å². The summed E-state index contributed by atoms with van der Waals surface area (Å²) in [5.41, 5.74) is 3.29. The third-order valence-electron chi connectivity index (χ3n) is 4.11. The molecule has 28 heavy (non-hydrogen) atoms. The first-order valence-electron chi connectivity index (χ1n) is 9.13. The Hall–Kier alpha value is -2.86. The van der Waals surface area contributed by atoms with Gasteiger partial charge in [0.2, 0.25) is 11.7 Å². The largest absolute Gasteiger partial charge is 0.376 e. The molecule has 0 radical (unpaired) electrons. The van der Waals surface area contributed by atoms with Gasteiger partial charge in [-0.2, -0.15) is 4.98 Å². The summed E-state index contributed by atoms with van der Waals surface area (Å²) in [4.78, 5) is 16.6. The molecule has 0 aliphatic rings. The normalized spacial score (nSPS) is 10.9.